The molecule has 0 bridgehead atoms. The number of benzene rings is 3. The van der Waals surface area contributed by atoms with Crippen LogP contribution >= 0.6 is 11.6 Å². The fourth-order valence-electron chi connectivity index (χ4n) is 3.81. The predicted molar refractivity (Wildman–Crippen MR) is 146 cm³/mol. The van der Waals surface area contributed by atoms with Gasteiger partial charge in [0.25, 0.3) is 10.0 Å². The molecule has 13 heteroatoms. The lowest BCUT2D eigenvalue weighted by Crippen LogP contribution is -2.45. The number of nitrogens with zero attached hydrogens (tertiary/aromatic N) is 1. The van der Waals surface area contributed by atoms with E-state index in [9.17, 15) is 21.6 Å². The number of hydrogen-bond donors (Lipinski definition) is 2. The van der Waals surface area contributed by atoms with Gasteiger partial charge in [-0.3, -0.25) is 13.8 Å². The third kappa shape index (κ3) is 6.14. The topological polar surface area (TPSA) is 131 Å². The Hall–Kier alpha value is -3.48. The smallest absolute Gasteiger partial charge is 0.261 e. The van der Waals surface area contributed by atoms with Gasteiger partial charge in [0.1, 0.15) is 19.3 Å². The van der Waals surface area contributed by atoms with Gasteiger partial charge in [-0.05, 0) is 67.9 Å². The monoisotopic (exact) mass is 579 g/mol. The average molecular weight is 580 g/mol. The van der Waals surface area contributed by atoms with Crippen LogP contribution in [-0.4, -0.2) is 48.3 Å². The summed E-state index contributed by atoms with van der Waals surface area (Å²) >= 11 is 6.08. The van der Waals surface area contributed by atoms with Crippen molar-refractivity contribution in [3.8, 4) is 11.5 Å². The Morgan fingerprint density at radius 3 is 2.18 bits per heavy atom. The highest BCUT2D eigenvalue weighted by atomic mass is 35.5. The Balaban J connectivity index is 1.50. The minimum absolute atomic E-state index is 0.0331. The van der Waals surface area contributed by atoms with E-state index in [0.29, 0.717) is 35.4 Å². The number of anilines is 3. The molecule has 0 spiro atoms. The van der Waals surface area contributed by atoms with Gasteiger partial charge < -0.3 is 14.8 Å². The molecule has 38 heavy (non-hydrogen) atoms. The van der Waals surface area contributed by atoms with Gasteiger partial charge in [-0.25, -0.2) is 16.8 Å². The predicted octanol–water partition coefficient (Wildman–Crippen LogP) is 4.01. The number of carbonyl (C=O) groups excluding carboxylic acids is 1. The molecule has 1 aliphatic rings. The van der Waals surface area contributed by atoms with E-state index in [1.54, 1.807) is 25.1 Å². The third-order valence-electron chi connectivity index (χ3n) is 5.72. The summed E-state index contributed by atoms with van der Waals surface area (Å²) in [6.45, 7) is 3.96. The molecule has 1 aliphatic heterocycles. The number of hydrogen-bond acceptors (Lipinski definition) is 7. The largest absolute Gasteiger partial charge is 0.486 e. The van der Waals surface area contributed by atoms with Crippen LogP contribution in [0.5, 0.6) is 11.5 Å². The Bertz CT molecular complexity index is 1580. The van der Waals surface area contributed by atoms with E-state index in [4.69, 9.17) is 21.1 Å². The van der Waals surface area contributed by atoms with Gasteiger partial charge in [0.15, 0.2) is 11.5 Å². The number of amides is 1. The molecule has 2 N–H and O–H groups in total. The summed E-state index contributed by atoms with van der Waals surface area (Å²) in [7, 11) is -7.78. The standard InChI is InChI=1S/C25H26ClN3O7S2/c1-16-4-5-19(14-22(16)26)28-38(33,34)21-9-6-18(7-10-21)27-25(30)17(2)29(37(3,31)32)20-8-11-23-24(15-20)36-13-12-35-23/h4-11,14-15,17,28H,12-13H2,1-3H3,(H,27,30)/t17-/m1/s1. The summed E-state index contributed by atoms with van der Waals surface area (Å²) in [5, 5.41) is 3.06. The molecule has 0 fully saturated rings. The van der Waals surface area contributed by atoms with E-state index in [1.807, 2.05) is 0 Å². The highest BCUT2D eigenvalue weighted by Gasteiger charge is 2.30. The van der Waals surface area contributed by atoms with Gasteiger partial charge in [-0.1, -0.05) is 17.7 Å². The maximum Gasteiger partial charge on any atom is 0.261 e. The van der Waals surface area contributed by atoms with Crippen molar-refractivity contribution in [2.75, 3.05) is 33.8 Å². The average Bonchev–Trinajstić information content (AvgIpc) is 2.85. The third-order valence-corrected chi connectivity index (χ3v) is 8.77. The second-order valence-electron chi connectivity index (χ2n) is 8.65. The zero-order chi connectivity index (χ0) is 27.7. The molecule has 0 unspecified atom stereocenters. The van der Waals surface area contributed by atoms with Crippen LogP contribution in [-0.2, 0) is 24.8 Å². The number of fused-ring (bicyclic) bond motifs is 1. The maximum absolute atomic E-state index is 13.0. The van der Waals surface area contributed by atoms with Crippen molar-refractivity contribution in [2.24, 2.45) is 0 Å². The summed E-state index contributed by atoms with van der Waals surface area (Å²) < 4.78 is 65.3. The summed E-state index contributed by atoms with van der Waals surface area (Å²) in [6.07, 6.45) is 1.00. The lowest BCUT2D eigenvalue weighted by molar-refractivity contribution is -0.116. The molecule has 0 aliphatic carbocycles. The maximum atomic E-state index is 13.0. The van der Waals surface area contributed by atoms with Crippen molar-refractivity contribution in [1.29, 1.82) is 0 Å². The van der Waals surface area contributed by atoms with Crippen LogP contribution in [0.25, 0.3) is 0 Å². The first-order valence-electron chi connectivity index (χ1n) is 11.4. The van der Waals surface area contributed by atoms with E-state index in [0.717, 1.165) is 16.1 Å². The van der Waals surface area contributed by atoms with E-state index >= 15 is 0 Å². The molecule has 1 atom stereocenters. The number of halogens is 1. The number of sulfonamides is 2. The molecule has 0 saturated carbocycles. The molecule has 1 heterocycles. The van der Waals surface area contributed by atoms with Crippen molar-refractivity contribution < 1.29 is 31.1 Å². The molecule has 10 nitrogen and oxygen atoms in total. The lowest BCUT2D eigenvalue weighted by Gasteiger charge is -2.29. The quantitative estimate of drug-likeness (QED) is 0.412. The second-order valence-corrected chi connectivity index (χ2v) is 12.6. The summed E-state index contributed by atoms with van der Waals surface area (Å²) in [6, 6.07) is 13.8. The van der Waals surface area contributed by atoms with Gasteiger partial charge >= 0.3 is 0 Å². The van der Waals surface area contributed by atoms with Crippen LogP contribution in [0.15, 0.2) is 65.6 Å². The number of aryl methyl sites for hydroxylation is 1. The number of rotatable bonds is 8. The summed E-state index contributed by atoms with van der Waals surface area (Å²) in [5.41, 5.74) is 1.65. The molecule has 1 amide bonds. The molecule has 3 aromatic rings. The van der Waals surface area contributed by atoms with Crippen LogP contribution in [0.1, 0.15) is 12.5 Å². The van der Waals surface area contributed by atoms with Gasteiger partial charge in [0.05, 0.1) is 22.5 Å². The minimum Gasteiger partial charge on any atom is -0.486 e. The Morgan fingerprint density at radius 2 is 1.55 bits per heavy atom. The van der Waals surface area contributed by atoms with Gasteiger partial charge in [0.2, 0.25) is 15.9 Å². The highest BCUT2D eigenvalue weighted by Crippen LogP contribution is 2.35. The van der Waals surface area contributed by atoms with Crippen LogP contribution in [0.2, 0.25) is 5.02 Å². The van der Waals surface area contributed by atoms with Crippen LogP contribution in [0.3, 0.4) is 0 Å². The zero-order valence-corrected chi connectivity index (χ0v) is 23.2. The number of ether oxygens (including phenoxy) is 2. The Morgan fingerprint density at radius 1 is 0.921 bits per heavy atom. The molecule has 0 radical (unpaired) electrons. The van der Waals surface area contributed by atoms with Crippen LogP contribution in [0.4, 0.5) is 17.1 Å². The van der Waals surface area contributed by atoms with Crippen molar-refractivity contribution >= 4 is 54.6 Å². The van der Waals surface area contributed by atoms with Crippen molar-refractivity contribution in [3.63, 3.8) is 0 Å². The Kier molecular flexibility index (Phi) is 7.77. The van der Waals surface area contributed by atoms with E-state index in [2.05, 4.69) is 10.0 Å². The first kappa shape index (κ1) is 27.6. The molecular formula is C25H26ClN3O7S2. The van der Waals surface area contributed by atoms with Gasteiger partial charge in [-0.15, -0.1) is 0 Å². The lowest BCUT2D eigenvalue weighted by atomic mass is 10.2. The first-order valence-corrected chi connectivity index (χ1v) is 15.1. The van der Waals surface area contributed by atoms with Crippen LogP contribution < -0.4 is 23.8 Å². The molecule has 0 saturated heterocycles. The fraction of sp³-hybridized carbons (Fsp3) is 0.240. The molecule has 4 rings (SSSR count). The molecule has 0 aromatic heterocycles. The SMILES string of the molecule is Cc1ccc(NS(=O)(=O)c2ccc(NC(=O)[C@@H](C)N(c3ccc4c(c3)OCCO4)S(C)(=O)=O)cc2)cc1Cl. The normalized spacial score (nSPS) is 13.9. The molecule has 3 aromatic carbocycles. The van der Waals surface area contributed by atoms with E-state index < -0.39 is 32.0 Å². The molecular weight excluding hydrogens is 554 g/mol. The van der Waals surface area contributed by atoms with Crippen LogP contribution in [0, 0.1) is 6.92 Å². The first-order chi connectivity index (χ1) is 17.8. The fourth-order valence-corrected chi connectivity index (χ4v) is 6.21. The molecule has 202 valence electrons. The zero-order valence-electron chi connectivity index (χ0n) is 20.8. The van der Waals surface area contributed by atoms with Crippen molar-refractivity contribution in [1.82, 2.24) is 0 Å². The van der Waals surface area contributed by atoms with E-state index in [-0.39, 0.29) is 16.3 Å². The van der Waals surface area contributed by atoms with Crippen molar-refractivity contribution in [3.05, 3.63) is 71.2 Å². The van der Waals surface area contributed by atoms with E-state index in [1.165, 1.54) is 49.4 Å². The van der Waals surface area contributed by atoms with Gasteiger partial charge in [0, 0.05) is 16.8 Å². The Labute approximate surface area is 226 Å². The number of nitrogens with one attached hydrogen (secondary N) is 2. The number of carbonyl (C=O) groups is 1. The van der Waals surface area contributed by atoms with Crippen molar-refractivity contribution in [2.45, 2.75) is 24.8 Å². The highest BCUT2D eigenvalue weighted by molar-refractivity contribution is 7.92. The second kappa shape index (κ2) is 10.7. The summed E-state index contributed by atoms with van der Waals surface area (Å²) in [5.74, 6) is 0.252. The minimum atomic E-state index is -3.91. The summed E-state index contributed by atoms with van der Waals surface area (Å²) in [4.78, 5) is 13.0. The van der Waals surface area contributed by atoms with Gasteiger partial charge in [-0.2, -0.15) is 0 Å².